The molecule has 0 aromatic rings. The Morgan fingerprint density at radius 2 is 1.60 bits per heavy atom. The number of carbonyl (C=O) groups excluding carboxylic acids is 1. The lowest BCUT2D eigenvalue weighted by molar-refractivity contribution is -0.161. The van der Waals surface area contributed by atoms with Gasteiger partial charge in [-0.25, -0.2) is 0 Å². The van der Waals surface area contributed by atoms with Gasteiger partial charge in [-0.15, -0.1) is 0 Å². The molecule has 0 radical (unpaired) electrons. The molecule has 0 aromatic heterocycles. The minimum Gasteiger partial charge on any atom is -0.459 e. The van der Waals surface area contributed by atoms with E-state index in [4.69, 9.17) is 10.5 Å². The summed E-state index contributed by atoms with van der Waals surface area (Å²) in [4.78, 5) is 11.5. The van der Waals surface area contributed by atoms with E-state index in [0.717, 1.165) is 0 Å². The maximum atomic E-state index is 11.5. The van der Waals surface area contributed by atoms with E-state index in [0.29, 0.717) is 0 Å². The van der Waals surface area contributed by atoms with Crippen molar-refractivity contribution in [2.75, 3.05) is 0 Å². The molecule has 4 heteroatoms. The minimum absolute atomic E-state index is 0.434. The van der Waals surface area contributed by atoms with Crippen LogP contribution >= 0.6 is 0 Å². The third-order valence-electron chi connectivity index (χ3n) is 1.91. The van der Waals surface area contributed by atoms with E-state index in [1.54, 1.807) is 20.8 Å². The second-order valence-corrected chi connectivity index (χ2v) is 5.87. The van der Waals surface area contributed by atoms with E-state index >= 15 is 0 Å². The van der Waals surface area contributed by atoms with Gasteiger partial charge in [0.25, 0.3) is 0 Å². The summed E-state index contributed by atoms with van der Waals surface area (Å²) < 4.78 is 5.09. The lowest BCUT2D eigenvalue weighted by Gasteiger charge is -2.31. The van der Waals surface area contributed by atoms with Gasteiger partial charge in [0.15, 0.2) is 0 Å². The lowest BCUT2D eigenvalue weighted by Crippen LogP contribution is -2.50. The quantitative estimate of drug-likeness (QED) is 0.678. The first-order chi connectivity index (χ1) is 6.45. The van der Waals surface area contributed by atoms with Crippen LogP contribution in [0.2, 0.25) is 0 Å². The van der Waals surface area contributed by atoms with Crippen LogP contribution in [0, 0.1) is 5.41 Å². The number of nitrogens with two attached hydrogens (primary N) is 1. The summed E-state index contributed by atoms with van der Waals surface area (Å²) in [7, 11) is 0. The summed E-state index contributed by atoms with van der Waals surface area (Å²) in [5.41, 5.74) is 4.62. The van der Waals surface area contributed by atoms with Crippen molar-refractivity contribution >= 4 is 5.97 Å². The molecule has 0 amide bonds. The van der Waals surface area contributed by atoms with Crippen LogP contribution in [0.3, 0.4) is 0 Å². The molecule has 3 N–H and O–H groups in total. The molecule has 0 aliphatic carbocycles. The number of ether oxygens (including phenoxy) is 1. The molecule has 0 saturated heterocycles. The zero-order valence-electron chi connectivity index (χ0n) is 10.5. The summed E-state index contributed by atoms with van der Waals surface area (Å²) in [6.45, 7) is 10.8. The van der Waals surface area contributed by atoms with Gasteiger partial charge in [0.2, 0.25) is 0 Å². The van der Waals surface area contributed by atoms with Gasteiger partial charge in [-0.05, 0) is 26.2 Å². The maximum Gasteiger partial charge on any atom is 0.326 e. The Kier molecular flexibility index (Phi) is 4.31. The average molecular weight is 217 g/mol. The number of hydrogen-bond acceptors (Lipinski definition) is 4. The molecule has 0 rings (SSSR count). The Morgan fingerprint density at radius 3 is 1.87 bits per heavy atom. The third-order valence-corrected chi connectivity index (χ3v) is 1.91. The Labute approximate surface area is 91.8 Å². The van der Waals surface area contributed by atoms with Crippen LogP contribution in [-0.4, -0.2) is 28.8 Å². The molecular weight excluding hydrogens is 194 g/mol. The molecule has 0 aromatic carbocycles. The van der Waals surface area contributed by atoms with Crippen molar-refractivity contribution in [3.63, 3.8) is 0 Å². The van der Waals surface area contributed by atoms with E-state index < -0.39 is 29.1 Å². The maximum absolute atomic E-state index is 11.5. The summed E-state index contributed by atoms with van der Waals surface area (Å²) in [6.07, 6.45) is -0.910. The number of aliphatic hydroxyl groups excluding tert-OH is 1. The van der Waals surface area contributed by atoms with Gasteiger partial charge in [0.1, 0.15) is 11.6 Å². The predicted octanol–water partition coefficient (Wildman–Crippen LogP) is 1.06. The van der Waals surface area contributed by atoms with Crippen molar-refractivity contribution in [1.29, 1.82) is 0 Å². The van der Waals surface area contributed by atoms with Gasteiger partial charge < -0.3 is 15.6 Å². The topological polar surface area (TPSA) is 72.5 Å². The first-order valence-electron chi connectivity index (χ1n) is 5.11. The van der Waals surface area contributed by atoms with E-state index in [2.05, 4.69) is 0 Å². The highest BCUT2D eigenvalue weighted by atomic mass is 16.6. The molecule has 0 bridgehead atoms. The second kappa shape index (κ2) is 4.49. The van der Waals surface area contributed by atoms with Crippen molar-refractivity contribution in [2.24, 2.45) is 11.1 Å². The zero-order chi connectivity index (χ0) is 12.4. The fraction of sp³-hybridized carbons (Fsp3) is 0.909. The van der Waals surface area contributed by atoms with E-state index in [9.17, 15) is 9.90 Å². The van der Waals surface area contributed by atoms with Crippen molar-refractivity contribution in [1.82, 2.24) is 0 Å². The van der Waals surface area contributed by atoms with Gasteiger partial charge in [-0.2, -0.15) is 0 Å². The number of esters is 1. The number of carbonyl (C=O) groups is 1. The largest absolute Gasteiger partial charge is 0.459 e. The molecule has 0 saturated carbocycles. The van der Waals surface area contributed by atoms with Crippen LogP contribution in [0.4, 0.5) is 0 Å². The number of rotatable bonds is 2. The molecule has 0 aliphatic rings. The Balaban J connectivity index is 4.46. The normalized spacial score (nSPS) is 17.1. The van der Waals surface area contributed by atoms with Crippen LogP contribution in [0.15, 0.2) is 0 Å². The van der Waals surface area contributed by atoms with Crippen LogP contribution < -0.4 is 5.73 Å². The van der Waals surface area contributed by atoms with Crippen molar-refractivity contribution < 1.29 is 14.6 Å². The van der Waals surface area contributed by atoms with Gasteiger partial charge in [0, 0.05) is 0 Å². The van der Waals surface area contributed by atoms with E-state index in [-0.39, 0.29) is 0 Å². The molecule has 0 heterocycles. The van der Waals surface area contributed by atoms with E-state index in [1.807, 2.05) is 20.8 Å². The van der Waals surface area contributed by atoms with Crippen LogP contribution in [0.25, 0.3) is 0 Å². The molecule has 0 spiro atoms. The summed E-state index contributed by atoms with van der Waals surface area (Å²) in [5.74, 6) is -0.565. The standard InChI is InChI=1S/C11H23NO3/c1-10(2,3)8(13)7(12)9(14)15-11(4,5)6/h7-8,13H,12H2,1-6H3/t7-,8+/m1/s1. The number of aliphatic hydroxyl groups is 1. The van der Waals surface area contributed by atoms with Gasteiger partial charge in [-0.1, -0.05) is 20.8 Å². The predicted molar refractivity (Wildman–Crippen MR) is 59.3 cm³/mol. The molecule has 15 heavy (non-hydrogen) atoms. The van der Waals surface area contributed by atoms with Gasteiger partial charge in [0.05, 0.1) is 6.10 Å². The fourth-order valence-electron chi connectivity index (χ4n) is 1.04. The Hall–Kier alpha value is -0.610. The zero-order valence-corrected chi connectivity index (χ0v) is 10.5. The van der Waals surface area contributed by atoms with Gasteiger partial charge in [-0.3, -0.25) is 4.79 Å². The molecule has 0 fully saturated rings. The third kappa shape index (κ3) is 5.14. The van der Waals surface area contributed by atoms with Crippen LogP contribution in [0.5, 0.6) is 0 Å². The van der Waals surface area contributed by atoms with E-state index in [1.165, 1.54) is 0 Å². The Bertz CT molecular complexity index is 225. The molecule has 0 aliphatic heterocycles. The molecule has 4 nitrogen and oxygen atoms in total. The van der Waals surface area contributed by atoms with Crippen molar-refractivity contribution in [3.05, 3.63) is 0 Å². The molecular formula is C11H23NO3. The smallest absolute Gasteiger partial charge is 0.326 e. The fourth-order valence-corrected chi connectivity index (χ4v) is 1.04. The highest BCUT2D eigenvalue weighted by Crippen LogP contribution is 2.22. The lowest BCUT2D eigenvalue weighted by atomic mass is 9.85. The molecule has 2 atom stereocenters. The summed E-state index contributed by atoms with van der Waals surface area (Å²) in [6, 6.07) is -0.996. The number of hydrogen-bond donors (Lipinski definition) is 2. The summed E-state index contributed by atoms with van der Waals surface area (Å²) in [5, 5.41) is 9.80. The van der Waals surface area contributed by atoms with Gasteiger partial charge >= 0.3 is 5.97 Å². The first-order valence-corrected chi connectivity index (χ1v) is 5.11. The highest BCUT2D eigenvalue weighted by molar-refractivity contribution is 5.76. The molecule has 90 valence electrons. The molecule has 0 unspecified atom stereocenters. The minimum atomic E-state index is -0.996. The second-order valence-electron chi connectivity index (χ2n) is 5.87. The monoisotopic (exact) mass is 217 g/mol. The first kappa shape index (κ1) is 14.4. The SMILES string of the molecule is CC(C)(C)OC(=O)[C@H](N)[C@H](O)C(C)(C)C. The highest BCUT2D eigenvalue weighted by Gasteiger charge is 2.34. The Morgan fingerprint density at radius 1 is 1.20 bits per heavy atom. The van der Waals surface area contributed by atoms with Crippen molar-refractivity contribution in [2.45, 2.75) is 59.3 Å². The van der Waals surface area contributed by atoms with Crippen molar-refractivity contribution in [3.8, 4) is 0 Å². The van der Waals surface area contributed by atoms with Crippen LogP contribution in [-0.2, 0) is 9.53 Å². The summed E-state index contributed by atoms with van der Waals surface area (Å²) >= 11 is 0. The average Bonchev–Trinajstić information content (AvgIpc) is 1.96. The van der Waals surface area contributed by atoms with Crippen LogP contribution in [0.1, 0.15) is 41.5 Å².